The molecule has 1 fully saturated rings. The van der Waals surface area contributed by atoms with Crippen molar-refractivity contribution in [1.29, 1.82) is 0 Å². The largest absolute Gasteiger partial charge is 0.481 e. The SMILES string of the molecule is C=C(Cl)CN1CCOC(CC(=O)O)C1. The number of ether oxygens (including phenoxy) is 1. The molecule has 0 aromatic carbocycles. The highest BCUT2D eigenvalue weighted by Crippen LogP contribution is 2.11. The molecule has 14 heavy (non-hydrogen) atoms. The van der Waals surface area contributed by atoms with E-state index in [1.165, 1.54) is 0 Å². The van der Waals surface area contributed by atoms with E-state index in [0.29, 0.717) is 24.7 Å². The van der Waals surface area contributed by atoms with Crippen LogP contribution in [-0.4, -0.2) is 48.3 Å². The van der Waals surface area contributed by atoms with Gasteiger partial charge in [0.2, 0.25) is 0 Å². The monoisotopic (exact) mass is 219 g/mol. The molecule has 1 unspecified atom stereocenters. The van der Waals surface area contributed by atoms with Crippen LogP contribution in [-0.2, 0) is 9.53 Å². The zero-order valence-corrected chi connectivity index (χ0v) is 8.66. The highest BCUT2D eigenvalue weighted by atomic mass is 35.5. The second kappa shape index (κ2) is 5.34. The predicted octanol–water partition coefficient (Wildman–Crippen LogP) is 0.914. The van der Waals surface area contributed by atoms with E-state index < -0.39 is 5.97 Å². The van der Waals surface area contributed by atoms with E-state index in [2.05, 4.69) is 6.58 Å². The van der Waals surface area contributed by atoms with Crippen LogP contribution in [0, 0.1) is 0 Å². The first-order valence-electron chi connectivity index (χ1n) is 4.47. The summed E-state index contributed by atoms with van der Waals surface area (Å²) in [4.78, 5) is 12.5. The Hall–Kier alpha value is -0.580. The van der Waals surface area contributed by atoms with Crippen LogP contribution in [0.3, 0.4) is 0 Å². The van der Waals surface area contributed by atoms with E-state index in [9.17, 15) is 4.79 Å². The number of hydrogen-bond donors (Lipinski definition) is 1. The summed E-state index contributed by atoms with van der Waals surface area (Å²) in [6.07, 6.45) is -0.178. The van der Waals surface area contributed by atoms with Crippen molar-refractivity contribution in [1.82, 2.24) is 4.90 Å². The summed E-state index contributed by atoms with van der Waals surface area (Å²) in [5, 5.41) is 9.16. The molecule has 1 heterocycles. The van der Waals surface area contributed by atoms with Gasteiger partial charge >= 0.3 is 5.97 Å². The van der Waals surface area contributed by atoms with Crippen molar-refractivity contribution in [2.45, 2.75) is 12.5 Å². The van der Waals surface area contributed by atoms with Gasteiger partial charge in [0.1, 0.15) is 0 Å². The van der Waals surface area contributed by atoms with Gasteiger partial charge < -0.3 is 9.84 Å². The van der Waals surface area contributed by atoms with Crippen LogP contribution >= 0.6 is 11.6 Å². The summed E-state index contributed by atoms with van der Waals surface area (Å²) in [5.74, 6) is -0.832. The molecule has 0 aromatic rings. The van der Waals surface area contributed by atoms with Gasteiger partial charge in [-0.1, -0.05) is 18.2 Å². The average molecular weight is 220 g/mol. The third-order valence-electron chi connectivity index (χ3n) is 2.02. The standard InChI is InChI=1S/C9H14ClNO3/c1-7(10)5-11-2-3-14-8(6-11)4-9(12)13/h8H,1-6H2,(H,12,13). The molecule has 4 nitrogen and oxygen atoms in total. The third kappa shape index (κ3) is 4.09. The van der Waals surface area contributed by atoms with Crippen LogP contribution in [0.1, 0.15) is 6.42 Å². The van der Waals surface area contributed by atoms with Gasteiger partial charge in [0.25, 0.3) is 0 Å². The Bertz CT molecular complexity index is 210. The minimum atomic E-state index is -0.832. The maximum atomic E-state index is 10.5. The molecule has 1 atom stereocenters. The van der Waals surface area contributed by atoms with E-state index in [-0.39, 0.29) is 12.5 Å². The first-order chi connectivity index (χ1) is 6.58. The zero-order chi connectivity index (χ0) is 10.6. The first-order valence-corrected chi connectivity index (χ1v) is 4.84. The Balaban J connectivity index is 2.35. The van der Waals surface area contributed by atoms with Crippen molar-refractivity contribution in [3.05, 3.63) is 11.6 Å². The van der Waals surface area contributed by atoms with Gasteiger partial charge in [0, 0.05) is 24.7 Å². The fourth-order valence-electron chi connectivity index (χ4n) is 1.48. The molecule has 1 N–H and O–H groups in total. The van der Waals surface area contributed by atoms with E-state index >= 15 is 0 Å². The van der Waals surface area contributed by atoms with Crippen LogP contribution in [0.25, 0.3) is 0 Å². The number of carbonyl (C=O) groups is 1. The number of aliphatic carboxylic acids is 1. The topological polar surface area (TPSA) is 49.8 Å². The fourth-order valence-corrected chi connectivity index (χ4v) is 1.65. The Labute approximate surface area is 88.1 Å². The lowest BCUT2D eigenvalue weighted by Crippen LogP contribution is -2.43. The van der Waals surface area contributed by atoms with Gasteiger partial charge in [0.05, 0.1) is 19.1 Å². The maximum absolute atomic E-state index is 10.5. The Morgan fingerprint density at radius 1 is 1.71 bits per heavy atom. The number of carboxylic acids is 1. The van der Waals surface area contributed by atoms with Crippen molar-refractivity contribution >= 4 is 17.6 Å². The molecule has 5 heteroatoms. The van der Waals surface area contributed by atoms with Crippen LogP contribution in [0.4, 0.5) is 0 Å². The Kier molecular flexibility index (Phi) is 4.38. The van der Waals surface area contributed by atoms with Gasteiger partial charge in [-0.15, -0.1) is 0 Å². The molecule has 0 saturated carbocycles. The number of nitrogens with zero attached hydrogens (tertiary/aromatic N) is 1. The minimum Gasteiger partial charge on any atom is -0.481 e. The number of morpholine rings is 1. The quantitative estimate of drug-likeness (QED) is 0.764. The van der Waals surface area contributed by atoms with Crippen molar-refractivity contribution < 1.29 is 14.6 Å². The van der Waals surface area contributed by atoms with Crippen molar-refractivity contribution in [2.75, 3.05) is 26.2 Å². The van der Waals surface area contributed by atoms with Gasteiger partial charge in [0.15, 0.2) is 0 Å². The number of rotatable bonds is 4. The van der Waals surface area contributed by atoms with Crippen molar-refractivity contribution in [3.63, 3.8) is 0 Å². The van der Waals surface area contributed by atoms with Crippen LogP contribution in [0.2, 0.25) is 0 Å². The molecular formula is C9H14ClNO3. The van der Waals surface area contributed by atoms with E-state index in [4.69, 9.17) is 21.4 Å². The number of carboxylic acid groups (broad SMARTS) is 1. The molecule has 0 spiro atoms. The van der Waals surface area contributed by atoms with Crippen molar-refractivity contribution in [2.24, 2.45) is 0 Å². The maximum Gasteiger partial charge on any atom is 0.306 e. The summed E-state index contributed by atoms with van der Waals surface area (Å²) in [6.45, 7) is 6.15. The van der Waals surface area contributed by atoms with E-state index in [0.717, 1.165) is 6.54 Å². The molecule has 80 valence electrons. The molecule has 1 rings (SSSR count). The fraction of sp³-hybridized carbons (Fsp3) is 0.667. The summed E-state index contributed by atoms with van der Waals surface area (Å²) in [5.41, 5.74) is 0. The molecular weight excluding hydrogens is 206 g/mol. The Morgan fingerprint density at radius 2 is 2.43 bits per heavy atom. The molecule has 0 amide bonds. The highest BCUT2D eigenvalue weighted by molar-refractivity contribution is 6.29. The zero-order valence-electron chi connectivity index (χ0n) is 7.91. The van der Waals surface area contributed by atoms with E-state index in [1.54, 1.807) is 0 Å². The lowest BCUT2D eigenvalue weighted by atomic mass is 10.2. The third-order valence-corrected chi connectivity index (χ3v) is 2.14. The van der Waals surface area contributed by atoms with Gasteiger partial charge in [-0.25, -0.2) is 0 Å². The number of hydrogen-bond acceptors (Lipinski definition) is 3. The molecule has 0 aromatic heterocycles. The summed E-state index contributed by atoms with van der Waals surface area (Å²) < 4.78 is 5.31. The summed E-state index contributed by atoms with van der Waals surface area (Å²) in [7, 11) is 0. The normalized spacial score (nSPS) is 23.4. The number of halogens is 1. The minimum absolute atomic E-state index is 0.0469. The van der Waals surface area contributed by atoms with Gasteiger partial charge in [-0.3, -0.25) is 9.69 Å². The summed E-state index contributed by atoms with van der Waals surface area (Å²) >= 11 is 5.67. The molecule has 0 aliphatic carbocycles. The molecule has 0 bridgehead atoms. The molecule has 1 aliphatic rings. The molecule has 1 aliphatic heterocycles. The Morgan fingerprint density at radius 3 is 3.00 bits per heavy atom. The smallest absolute Gasteiger partial charge is 0.306 e. The second-order valence-corrected chi connectivity index (χ2v) is 3.88. The van der Waals surface area contributed by atoms with Crippen LogP contribution in [0.5, 0.6) is 0 Å². The average Bonchev–Trinajstić information content (AvgIpc) is 2.01. The van der Waals surface area contributed by atoms with Gasteiger partial charge in [-0.05, 0) is 0 Å². The molecule has 0 radical (unpaired) electrons. The highest BCUT2D eigenvalue weighted by Gasteiger charge is 2.22. The van der Waals surface area contributed by atoms with E-state index in [1.807, 2.05) is 4.90 Å². The predicted molar refractivity (Wildman–Crippen MR) is 53.4 cm³/mol. The summed E-state index contributed by atoms with van der Waals surface area (Å²) in [6, 6.07) is 0. The second-order valence-electron chi connectivity index (χ2n) is 3.34. The first kappa shape index (κ1) is 11.5. The van der Waals surface area contributed by atoms with Crippen LogP contribution in [0.15, 0.2) is 11.6 Å². The lowest BCUT2D eigenvalue weighted by molar-refractivity contribution is -0.142. The molecule has 1 saturated heterocycles. The van der Waals surface area contributed by atoms with Gasteiger partial charge in [-0.2, -0.15) is 0 Å². The lowest BCUT2D eigenvalue weighted by Gasteiger charge is -2.31. The van der Waals surface area contributed by atoms with Crippen LogP contribution < -0.4 is 0 Å². The van der Waals surface area contributed by atoms with Crippen molar-refractivity contribution in [3.8, 4) is 0 Å².